The number of pyridine rings is 1. The molecule has 1 aliphatic carbocycles. The van der Waals surface area contributed by atoms with Crippen LogP contribution in [0.1, 0.15) is 18.4 Å². The zero-order chi connectivity index (χ0) is 11.1. The molecule has 0 aromatic carbocycles. The van der Waals surface area contributed by atoms with Crippen molar-refractivity contribution in [1.29, 1.82) is 0 Å². The SMILES string of the molecule is NC(C(=O)O)C1(c2cncc(F)c2)CC1. The van der Waals surface area contributed by atoms with Gasteiger partial charge in [0.1, 0.15) is 11.9 Å². The van der Waals surface area contributed by atoms with Crippen molar-refractivity contribution in [3.05, 3.63) is 29.8 Å². The molecule has 1 aromatic heterocycles. The van der Waals surface area contributed by atoms with Crippen molar-refractivity contribution in [1.82, 2.24) is 4.98 Å². The molecule has 0 amide bonds. The van der Waals surface area contributed by atoms with Gasteiger partial charge in [-0.2, -0.15) is 0 Å². The zero-order valence-electron chi connectivity index (χ0n) is 7.98. The summed E-state index contributed by atoms with van der Waals surface area (Å²) in [5.74, 6) is -1.52. The molecule has 15 heavy (non-hydrogen) atoms. The molecule has 0 bridgehead atoms. The highest BCUT2D eigenvalue weighted by Gasteiger charge is 2.52. The second-order valence-corrected chi connectivity index (χ2v) is 3.86. The number of aromatic nitrogens is 1. The van der Waals surface area contributed by atoms with Crippen LogP contribution in [0.25, 0.3) is 0 Å². The third kappa shape index (κ3) is 1.59. The first-order valence-corrected chi connectivity index (χ1v) is 4.66. The zero-order valence-corrected chi connectivity index (χ0v) is 7.98. The predicted molar refractivity (Wildman–Crippen MR) is 50.7 cm³/mol. The summed E-state index contributed by atoms with van der Waals surface area (Å²) in [4.78, 5) is 14.5. The van der Waals surface area contributed by atoms with Crippen LogP contribution in [0, 0.1) is 5.82 Å². The van der Waals surface area contributed by atoms with E-state index in [0.29, 0.717) is 18.4 Å². The summed E-state index contributed by atoms with van der Waals surface area (Å²) in [6.45, 7) is 0. The second-order valence-electron chi connectivity index (χ2n) is 3.86. The molecule has 1 fully saturated rings. The van der Waals surface area contributed by atoms with E-state index in [1.54, 1.807) is 0 Å². The van der Waals surface area contributed by atoms with Gasteiger partial charge in [-0.3, -0.25) is 9.78 Å². The largest absolute Gasteiger partial charge is 0.480 e. The van der Waals surface area contributed by atoms with Gasteiger partial charge in [0, 0.05) is 11.6 Å². The minimum Gasteiger partial charge on any atom is -0.480 e. The number of carbonyl (C=O) groups is 1. The van der Waals surface area contributed by atoms with Crippen LogP contribution in [0.3, 0.4) is 0 Å². The summed E-state index contributed by atoms with van der Waals surface area (Å²) in [6.07, 6.45) is 3.92. The molecule has 0 radical (unpaired) electrons. The maximum absolute atomic E-state index is 12.9. The van der Waals surface area contributed by atoms with Gasteiger partial charge in [0.25, 0.3) is 0 Å². The lowest BCUT2D eigenvalue weighted by Crippen LogP contribution is -2.42. The Balaban J connectivity index is 2.34. The molecule has 2 rings (SSSR count). The minimum atomic E-state index is -1.06. The maximum Gasteiger partial charge on any atom is 0.321 e. The minimum absolute atomic E-state index is 0.462. The van der Waals surface area contributed by atoms with E-state index in [-0.39, 0.29) is 0 Å². The van der Waals surface area contributed by atoms with Crippen molar-refractivity contribution in [2.75, 3.05) is 0 Å². The third-order valence-electron chi connectivity index (χ3n) is 2.93. The Kier molecular flexibility index (Phi) is 2.19. The van der Waals surface area contributed by atoms with Crippen LogP contribution in [0.4, 0.5) is 4.39 Å². The van der Waals surface area contributed by atoms with Crippen molar-refractivity contribution in [3.8, 4) is 0 Å². The lowest BCUT2D eigenvalue weighted by molar-refractivity contribution is -0.139. The first-order valence-electron chi connectivity index (χ1n) is 4.66. The molecule has 4 nitrogen and oxygen atoms in total. The maximum atomic E-state index is 12.9. The second kappa shape index (κ2) is 3.27. The summed E-state index contributed by atoms with van der Waals surface area (Å²) >= 11 is 0. The first-order chi connectivity index (χ1) is 7.06. The highest BCUT2D eigenvalue weighted by molar-refractivity contribution is 5.76. The number of nitrogens with zero attached hydrogens (tertiary/aromatic N) is 1. The molecule has 80 valence electrons. The number of aliphatic carboxylic acids is 1. The molecule has 1 unspecified atom stereocenters. The Morgan fingerprint density at radius 1 is 1.60 bits per heavy atom. The van der Waals surface area contributed by atoms with Crippen molar-refractivity contribution in [3.63, 3.8) is 0 Å². The van der Waals surface area contributed by atoms with Gasteiger partial charge in [0.15, 0.2) is 0 Å². The number of carboxylic acids is 1. The normalized spacial score (nSPS) is 19.6. The average Bonchev–Trinajstić information content (AvgIpc) is 2.97. The van der Waals surface area contributed by atoms with E-state index in [4.69, 9.17) is 10.8 Å². The van der Waals surface area contributed by atoms with Crippen LogP contribution in [0.15, 0.2) is 18.5 Å². The average molecular weight is 210 g/mol. The lowest BCUT2D eigenvalue weighted by Gasteiger charge is -2.19. The van der Waals surface area contributed by atoms with E-state index < -0.39 is 23.2 Å². The van der Waals surface area contributed by atoms with Crippen LogP contribution in [-0.2, 0) is 10.2 Å². The Labute approximate surface area is 85.9 Å². The Morgan fingerprint density at radius 3 is 2.73 bits per heavy atom. The van der Waals surface area contributed by atoms with E-state index >= 15 is 0 Å². The fraction of sp³-hybridized carbons (Fsp3) is 0.400. The molecule has 1 saturated carbocycles. The van der Waals surface area contributed by atoms with Gasteiger partial charge in [0.05, 0.1) is 6.20 Å². The number of halogens is 1. The monoisotopic (exact) mass is 210 g/mol. The number of carboxylic acid groups (broad SMARTS) is 1. The van der Waals surface area contributed by atoms with E-state index in [1.165, 1.54) is 12.3 Å². The molecule has 0 saturated heterocycles. The van der Waals surface area contributed by atoms with Gasteiger partial charge >= 0.3 is 5.97 Å². The van der Waals surface area contributed by atoms with E-state index in [0.717, 1.165) is 6.20 Å². The lowest BCUT2D eigenvalue weighted by atomic mass is 9.90. The fourth-order valence-electron chi connectivity index (χ4n) is 1.83. The summed E-state index contributed by atoms with van der Waals surface area (Å²) in [7, 11) is 0. The molecule has 0 spiro atoms. The summed E-state index contributed by atoms with van der Waals surface area (Å²) in [5, 5.41) is 8.85. The molecule has 1 heterocycles. The van der Waals surface area contributed by atoms with Crippen LogP contribution in [0.5, 0.6) is 0 Å². The first kappa shape index (κ1) is 10.0. The Morgan fingerprint density at radius 2 is 2.27 bits per heavy atom. The fourth-order valence-corrected chi connectivity index (χ4v) is 1.83. The van der Waals surface area contributed by atoms with Crippen molar-refractivity contribution in [2.45, 2.75) is 24.3 Å². The number of nitrogens with two attached hydrogens (primary N) is 1. The van der Waals surface area contributed by atoms with Crippen molar-refractivity contribution < 1.29 is 14.3 Å². The van der Waals surface area contributed by atoms with Gasteiger partial charge in [-0.1, -0.05) is 0 Å². The van der Waals surface area contributed by atoms with E-state index in [2.05, 4.69) is 4.98 Å². The highest BCUT2D eigenvalue weighted by atomic mass is 19.1. The van der Waals surface area contributed by atoms with Crippen LogP contribution < -0.4 is 5.73 Å². The Bertz CT molecular complexity index is 404. The van der Waals surface area contributed by atoms with E-state index in [1.807, 2.05) is 0 Å². The summed E-state index contributed by atoms with van der Waals surface area (Å²) < 4.78 is 12.9. The standard InChI is InChI=1S/C10H11FN2O2/c11-7-3-6(4-13-5-7)10(1-2-10)8(12)9(14)15/h3-5,8H,1-2,12H2,(H,14,15). The molecule has 0 aliphatic heterocycles. The van der Waals surface area contributed by atoms with Crippen LogP contribution >= 0.6 is 0 Å². The predicted octanol–water partition coefficient (Wildman–Crippen LogP) is 0.664. The van der Waals surface area contributed by atoms with Gasteiger partial charge in [-0.15, -0.1) is 0 Å². The van der Waals surface area contributed by atoms with Crippen molar-refractivity contribution in [2.24, 2.45) is 5.73 Å². The van der Waals surface area contributed by atoms with Gasteiger partial charge in [-0.05, 0) is 24.5 Å². The molecule has 1 aromatic rings. The summed E-state index contributed by atoms with van der Waals surface area (Å²) in [5.41, 5.74) is 5.56. The third-order valence-corrected chi connectivity index (χ3v) is 2.93. The van der Waals surface area contributed by atoms with Gasteiger partial charge < -0.3 is 10.8 Å². The smallest absolute Gasteiger partial charge is 0.321 e. The van der Waals surface area contributed by atoms with E-state index in [9.17, 15) is 9.18 Å². The van der Waals surface area contributed by atoms with Gasteiger partial charge in [-0.25, -0.2) is 4.39 Å². The summed E-state index contributed by atoms with van der Waals surface area (Å²) in [6, 6.07) is 0.323. The Hall–Kier alpha value is -1.49. The topological polar surface area (TPSA) is 76.2 Å². The quantitative estimate of drug-likeness (QED) is 0.768. The van der Waals surface area contributed by atoms with Crippen LogP contribution in [-0.4, -0.2) is 22.1 Å². The molecule has 5 heteroatoms. The number of hydrogen-bond donors (Lipinski definition) is 2. The van der Waals surface area contributed by atoms with Crippen LogP contribution in [0.2, 0.25) is 0 Å². The number of hydrogen-bond acceptors (Lipinski definition) is 3. The van der Waals surface area contributed by atoms with Crippen molar-refractivity contribution >= 4 is 5.97 Å². The molecular formula is C10H11FN2O2. The number of rotatable bonds is 3. The molecule has 3 N–H and O–H groups in total. The molecule has 1 atom stereocenters. The highest BCUT2D eigenvalue weighted by Crippen LogP contribution is 2.50. The van der Waals surface area contributed by atoms with Gasteiger partial charge in [0.2, 0.25) is 0 Å². The molecular weight excluding hydrogens is 199 g/mol. The molecule has 1 aliphatic rings.